The quantitative estimate of drug-likeness (QED) is 0.838. The molecule has 1 aliphatic rings. The summed E-state index contributed by atoms with van der Waals surface area (Å²) in [6.07, 6.45) is 3.78. The van der Waals surface area contributed by atoms with Crippen LogP contribution in [0.25, 0.3) is 10.2 Å². The lowest BCUT2D eigenvalue weighted by Crippen LogP contribution is -2.46. The number of nitrogens with zero attached hydrogens (tertiary/aromatic N) is 2. The SMILES string of the molecule is NCCC(=O)NCC1CCCCN1Cc1nc2ccc(F)cc2s1. The molecule has 7 heteroatoms. The van der Waals surface area contributed by atoms with E-state index < -0.39 is 0 Å². The van der Waals surface area contributed by atoms with Crippen molar-refractivity contribution in [2.75, 3.05) is 19.6 Å². The van der Waals surface area contributed by atoms with E-state index in [0.29, 0.717) is 25.6 Å². The van der Waals surface area contributed by atoms with Crippen LogP contribution >= 0.6 is 11.3 Å². The minimum atomic E-state index is -0.226. The van der Waals surface area contributed by atoms with Crippen LogP contribution in [0.3, 0.4) is 0 Å². The molecule has 0 aliphatic carbocycles. The Labute approximate surface area is 145 Å². The number of nitrogens with one attached hydrogen (secondary N) is 1. The Morgan fingerprint density at radius 2 is 2.33 bits per heavy atom. The molecule has 2 heterocycles. The lowest BCUT2D eigenvalue weighted by atomic mass is 10.0. The van der Waals surface area contributed by atoms with Crippen LogP contribution in [0.4, 0.5) is 4.39 Å². The predicted molar refractivity (Wildman–Crippen MR) is 94.3 cm³/mol. The Kier molecular flexibility index (Phi) is 5.76. The summed E-state index contributed by atoms with van der Waals surface area (Å²) in [6.45, 7) is 2.78. The normalized spacial score (nSPS) is 18.8. The molecule has 24 heavy (non-hydrogen) atoms. The molecule has 1 unspecified atom stereocenters. The molecule has 0 spiro atoms. The van der Waals surface area contributed by atoms with Gasteiger partial charge in [0.05, 0.1) is 16.8 Å². The van der Waals surface area contributed by atoms with Crippen LogP contribution in [0, 0.1) is 5.82 Å². The van der Waals surface area contributed by atoms with Gasteiger partial charge in [-0.25, -0.2) is 9.37 Å². The van der Waals surface area contributed by atoms with E-state index in [1.165, 1.54) is 18.6 Å². The van der Waals surface area contributed by atoms with Gasteiger partial charge in [0.25, 0.3) is 0 Å². The minimum Gasteiger partial charge on any atom is -0.354 e. The zero-order valence-electron chi connectivity index (χ0n) is 13.6. The average molecular weight is 350 g/mol. The summed E-state index contributed by atoms with van der Waals surface area (Å²) in [5, 5.41) is 3.97. The third-order valence-corrected chi connectivity index (χ3v) is 5.39. The number of halogens is 1. The van der Waals surface area contributed by atoms with Crippen molar-refractivity contribution < 1.29 is 9.18 Å². The molecule has 2 aromatic rings. The molecule has 3 N–H and O–H groups in total. The molecule has 5 nitrogen and oxygen atoms in total. The van der Waals surface area contributed by atoms with Crippen molar-refractivity contribution in [1.82, 2.24) is 15.2 Å². The van der Waals surface area contributed by atoms with E-state index in [-0.39, 0.29) is 11.7 Å². The van der Waals surface area contributed by atoms with Crippen LogP contribution < -0.4 is 11.1 Å². The van der Waals surface area contributed by atoms with Crippen LogP contribution in [-0.2, 0) is 11.3 Å². The molecule has 1 aliphatic heterocycles. The summed E-state index contributed by atoms with van der Waals surface area (Å²) in [7, 11) is 0. The Morgan fingerprint density at radius 3 is 3.17 bits per heavy atom. The Morgan fingerprint density at radius 1 is 1.46 bits per heavy atom. The largest absolute Gasteiger partial charge is 0.354 e. The fraction of sp³-hybridized carbons (Fsp3) is 0.529. The highest BCUT2D eigenvalue weighted by molar-refractivity contribution is 7.18. The van der Waals surface area contributed by atoms with Gasteiger partial charge in [-0.05, 0) is 37.6 Å². The van der Waals surface area contributed by atoms with Gasteiger partial charge < -0.3 is 11.1 Å². The molecule has 1 fully saturated rings. The number of carbonyl (C=O) groups excluding carboxylic acids is 1. The Balaban J connectivity index is 1.64. The summed E-state index contributed by atoms with van der Waals surface area (Å²) >= 11 is 1.54. The summed E-state index contributed by atoms with van der Waals surface area (Å²) in [4.78, 5) is 18.6. The molecule has 1 aromatic carbocycles. The maximum absolute atomic E-state index is 13.3. The van der Waals surface area contributed by atoms with E-state index in [4.69, 9.17) is 5.73 Å². The highest BCUT2D eigenvalue weighted by Gasteiger charge is 2.24. The smallest absolute Gasteiger partial charge is 0.221 e. The maximum Gasteiger partial charge on any atom is 0.221 e. The molecule has 130 valence electrons. The standard InChI is InChI=1S/C17H23FN4OS/c18-12-4-5-14-15(9-12)24-17(21-14)11-22-8-2-1-3-13(22)10-20-16(23)6-7-19/h4-5,9,13H,1-3,6-8,10-11,19H2,(H,20,23). The minimum absolute atomic E-state index is 0.0125. The van der Waals surface area contributed by atoms with Crippen LogP contribution in [-0.4, -0.2) is 41.5 Å². The van der Waals surface area contributed by atoms with Crippen LogP contribution in [0.5, 0.6) is 0 Å². The lowest BCUT2D eigenvalue weighted by molar-refractivity contribution is -0.121. The third kappa shape index (κ3) is 4.28. The average Bonchev–Trinajstić information content (AvgIpc) is 2.95. The number of carbonyl (C=O) groups is 1. The summed E-state index contributed by atoms with van der Waals surface area (Å²) < 4.78 is 14.2. The van der Waals surface area contributed by atoms with Gasteiger partial charge in [0.15, 0.2) is 0 Å². The second-order valence-electron chi connectivity index (χ2n) is 6.18. The zero-order valence-corrected chi connectivity index (χ0v) is 14.4. The van der Waals surface area contributed by atoms with E-state index >= 15 is 0 Å². The molecule has 0 saturated carbocycles. The van der Waals surface area contributed by atoms with Gasteiger partial charge in [-0.2, -0.15) is 0 Å². The first-order valence-electron chi connectivity index (χ1n) is 8.41. The molecule has 1 aromatic heterocycles. The summed E-state index contributed by atoms with van der Waals surface area (Å²) in [6, 6.07) is 5.04. The highest BCUT2D eigenvalue weighted by atomic mass is 32.1. The van der Waals surface area contributed by atoms with Crippen LogP contribution in [0.2, 0.25) is 0 Å². The molecule has 0 radical (unpaired) electrons. The maximum atomic E-state index is 13.3. The summed E-state index contributed by atoms with van der Waals surface area (Å²) in [5.74, 6) is -0.213. The Bertz CT molecular complexity index is 705. The van der Waals surface area contributed by atoms with Gasteiger partial charge in [-0.1, -0.05) is 6.42 Å². The van der Waals surface area contributed by atoms with Crippen molar-refractivity contribution >= 4 is 27.5 Å². The van der Waals surface area contributed by atoms with Crippen molar-refractivity contribution in [2.45, 2.75) is 38.3 Å². The van der Waals surface area contributed by atoms with Gasteiger partial charge in [0.1, 0.15) is 10.8 Å². The number of hydrogen-bond acceptors (Lipinski definition) is 5. The number of rotatable bonds is 6. The first kappa shape index (κ1) is 17.3. The van der Waals surface area contributed by atoms with Crippen LogP contribution in [0.1, 0.15) is 30.7 Å². The number of piperidine rings is 1. The topological polar surface area (TPSA) is 71.2 Å². The van der Waals surface area contributed by atoms with Crippen molar-refractivity contribution in [3.05, 3.63) is 29.0 Å². The number of thiazole rings is 1. The summed E-state index contributed by atoms with van der Waals surface area (Å²) in [5.41, 5.74) is 6.26. The van der Waals surface area contributed by atoms with Gasteiger partial charge in [0, 0.05) is 25.6 Å². The van der Waals surface area contributed by atoms with E-state index in [2.05, 4.69) is 15.2 Å². The molecule has 1 saturated heterocycles. The number of amides is 1. The molecular formula is C17H23FN4OS. The first-order chi connectivity index (χ1) is 11.7. The van der Waals surface area contributed by atoms with Gasteiger partial charge in [-0.3, -0.25) is 9.69 Å². The predicted octanol–water partition coefficient (Wildman–Crippen LogP) is 2.25. The lowest BCUT2D eigenvalue weighted by Gasteiger charge is -2.35. The van der Waals surface area contributed by atoms with E-state index in [1.54, 1.807) is 17.4 Å². The molecule has 1 amide bonds. The molecule has 1 atom stereocenters. The van der Waals surface area contributed by atoms with Gasteiger partial charge in [-0.15, -0.1) is 11.3 Å². The van der Waals surface area contributed by atoms with Gasteiger partial charge >= 0.3 is 0 Å². The fourth-order valence-electron chi connectivity index (χ4n) is 3.14. The second kappa shape index (κ2) is 8.00. The number of nitrogens with two attached hydrogens (primary N) is 1. The number of aromatic nitrogens is 1. The third-order valence-electron chi connectivity index (χ3n) is 4.39. The number of fused-ring (bicyclic) bond motifs is 1. The van der Waals surface area contributed by atoms with E-state index in [9.17, 15) is 9.18 Å². The number of hydrogen-bond donors (Lipinski definition) is 2. The fourth-order valence-corrected chi connectivity index (χ4v) is 4.16. The van der Waals surface area contributed by atoms with E-state index in [1.807, 2.05) is 0 Å². The zero-order chi connectivity index (χ0) is 16.9. The second-order valence-corrected chi connectivity index (χ2v) is 7.30. The van der Waals surface area contributed by atoms with Crippen molar-refractivity contribution in [1.29, 1.82) is 0 Å². The van der Waals surface area contributed by atoms with E-state index in [0.717, 1.165) is 41.2 Å². The highest BCUT2D eigenvalue weighted by Crippen LogP contribution is 2.26. The van der Waals surface area contributed by atoms with Crippen molar-refractivity contribution in [3.63, 3.8) is 0 Å². The molecule has 3 rings (SSSR count). The molecule has 0 bridgehead atoms. The van der Waals surface area contributed by atoms with Crippen molar-refractivity contribution in [2.24, 2.45) is 5.73 Å². The monoisotopic (exact) mass is 350 g/mol. The molecular weight excluding hydrogens is 327 g/mol. The van der Waals surface area contributed by atoms with Crippen LogP contribution in [0.15, 0.2) is 18.2 Å². The number of likely N-dealkylation sites (tertiary alicyclic amines) is 1. The van der Waals surface area contributed by atoms with Crippen molar-refractivity contribution in [3.8, 4) is 0 Å². The Hall–Kier alpha value is -1.57. The van der Waals surface area contributed by atoms with Gasteiger partial charge in [0.2, 0.25) is 5.91 Å². The number of benzene rings is 1. The first-order valence-corrected chi connectivity index (χ1v) is 9.23.